The van der Waals surface area contributed by atoms with Gasteiger partial charge in [0.2, 0.25) is 11.8 Å². The second-order valence-electron chi connectivity index (χ2n) is 9.07. The fraction of sp³-hybridized carbons (Fsp3) is 0.250. The van der Waals surface area contributed by atoms with E-state index in [9.17, 15) is 14.3 Å². The fourth-order valence-electron chi connectivity index (χ4n) is 4.01. The number of phosphoric ester groups is 1. The van der Waals surface area contributed by atoms with Gasteiger partial charge in [0.15, 0.2) is 0 Å². The van der Waals surface area contributed by atoms with E-state index in [2.05, 4.69) is 15.3 Å². The molecule has 0 saturated heterocycles. The van der Waals surface area contributed by atoms with Gasteiger partial charge in [0.1, 0.15) is 12.4 Å². The Balaban J connectivity index is 1.70. The van der Waals surface area contributed by atoms with E-state index in [4.69, 9.17) is 13.8 Å². The Morgan fingerprint density at radius 2 is 1.95 bits per heavy atom. The summed E-state index contributed by atoms with van der Waals surface area (Å²) in [6.07, 6.45) is 8.44. The Bertz CT molecular complexity index is 1570. The van der Waals surface area contributed by atoms with Gasteiger partial charge in [-0.25, -0.2) is 14.5 Å². The third-order valence-corrected chi connectivity index (χ3v) is 6.85. The van der Waals surface area contributed by atoms with Crippen molar-refractivity contribution in [2.45, 2.75) is 13.7 Å². The maximum absolute atomic E-state index is 12.3. The first-order valence-electron chi connectivity index (χ1n) is 12.5. The van der Waals surface area contributed by atoms with E-state index in [1.165, 1.54) is 6.08 Å². The van der Waals surface area contributed by atoms with Gasteiger partial charge in [-0.1, -0.05) is 18.2 Å². The fourth-order valence-corrected chi connectivity index (χ4v) is 4.68. The van der Waals surface area contributed by atoms with E-state index >= 15 is 0 Å². The molecule has 1 unspecified atom stereocenters. The van der Waals surface area contributed by atoms with Crippen molar-refractivity contribution >= 4 is 30.5 Å². The van der Waals surface area contributed by atoms with Crippen molar-refractivity contribution in [1.82, 2.24) is 19.4 Å². The average Bonchev–Trinajstić information content (AvgIpc) is 3.30. The van der Waals surface area contributed by atoms with Gasteiger partial charge in [-0.05, 0) is 56.4 Å². The van der Waals surface area contributed by atoms with Crippen LogP contribution in [0.2, 0.25) is 0 Å². The summed E-state index contributed by atoms with van der Waals surface area (Å²) < 4.78 is 29.1. The van der Waals surface area contributed by atoms with Crippen LogP contribution in [-0.2, 0) is 25.1 Å². The number of anilines is 1. The predicted molar refractivity (Wildman–Crippen MR) is 154 cm³/mol. The number of benzene rings is 1. The smallest absolute Gasteiger partial charge is 0.473 e. The second-order valence-corrected chi connectivity index (χ2v) is 10.5. The minimum Gasteiger partial charge on any atom is -0.481 e. The summed E-state index contributed by atoms with van der Waals surface area (Å²) in [4.78, 5) is 33.1. The number of nitrogens with one attached hydrogen (secondary N) is 1. The number of fused-ring (bicyclic) bond motifs is 1. The number of likely N-dealkylation sites (N-methyl/N-ethyl adjacent to an activating group) is 1. The van der Waals surface area contributed by atoms with E-state index in [1.54, 1.807) is 49.3 Å². The van der Waals surface area contributed by atoms with Crippen LogP contribution in [0.4, 0.5) is 5.69 Å². The number of amides is 1. The number of hydrogen-bond acceptors (Lipinski definition) is 8. The van der Waals surface area contributed by atoms with Crippen LogP contribution in [0.1, 0.15) is 6.92 Å². The molecule has 0 radical (unpaired) electrons. The van der Waals surface area contributed by atoms with Crippen LogP contribution in [0.5, 0.6) is 5.88 Å². The highest BCUT2D eigenvalue weighted by atomic mass is 31.2. The molecule has 3 aromatic heterocycles. The number of rotatable bonds is 12. The maximum atomic E-state index is 12.3. The summed E-state index contributed by atoms with van der Waals surface area (Å²) in [5.74, 6) is 0.227. The molecule has 210 valence electrons. The summed E-state index contributed by atoms with van der Waals surface area (Å²) >= 11 is 0. The molecule has 0 bridgehead atoms. The summed E-state index contributed by atoms with van der Waals surface area (Å²) in [6.45, 7) is 2.06. The van der Waals surface area contributed by atoms with E-state index in [-0.39, 0.29) is 19.2 Å². The molecule has 40 heavy (non-hydrogen) atoms. The van der Waals surface area contributed by atoms with Crippen LogP contribution in [0.25, 0.3) is 33.3 Å². The number of pyridine rings is 2. The van der Waals surface area contributed by atoms with Crippen molar-refractivity contribution in [2.24, 2.45) is 0 Å². The molecule has 1 atom stereocenters. The van der Waals surface area contributed by atoms with Gasteiger partial charge in [0, 0.05) is 59.5 Å². The lowest BCUT2D eigenvalue weighted by Crippen LogP contribution is -2.12. The standard InChI is InChI=1S/C28H32N5O6P/c1-5-38-40(35,36)39-19-33-18-25(21-11-12-29-27(16-21)37-4)24-15-22(17-30-28(24)33)20-8-6-9-23(14-20)31-26(34)10-7-13-32(2)3/h6-12,14-18H,5,13,19H2,1-4H3,(H,31,34)(H,35,36). The molecular formula is C28H32N5O6P. The van der Waals surface area contributed by atoms with Gasteiger partial charge >= 0.3 is 7.82 Å². The van der Waals surface area contributed by atoms with E-state index in [0.29, 0.717) is 23.8 Å². The summed E-state index contributed by atoms with van der Waals surface area (Å²) in [7, 11) is 1.18. The Kier molecular flexibility index (Phi) is 9.46. The van der Waals surface area contributed by atoms with E-state index in [0.717, 1.165) is 27.6 Å². The Labute approximate surface area is 232 Å². The van der Waals surface area contributed by atoms with Crippen LogP contribution < -0.4 is 10.1 Å². The first kappa shape index (κ1) is 29.1. The van der Waals surface area contributed by atoms with E-state index in [1.807, 2.05) is 55.4 Å². The van der Waals surface area contributed by atoms with Crippen molar-refractivity contribution < 1.29 is 28.0 Å². The first-order chi connectivity index (χ1) is 19.2. The molecule has 1 aromatic carbocycles. The zero-order valence-electron chi connectivity index (χ0n) is 22.8. The zero-order valence-corrected chi connectivity index (χ0v) is 23.7. The normalized spacial score (nSPS) is 13.2. The SMILES string of the molecule is CCOP(=O)(O)OCn1cc(-c2ccnc(OC)c2)c2cc(-c3cccc(NC(=O)C=CCN(C)C)c3)cnc21. The molecule has 3 heterocycles. The molecule has 0 aliphatic carbocycles. The largest absolute Gasteiger partial charge is 0.481 e. The third-order valence-electron chi connectivity index (χ3n) is 5.82. The van der Waals surface area contributed by atoms with Crippen molar-refractivity contribution in [2.75, 3.05) is 39.7 Å². The van der Waals surface area contributed by atoms with Crippen LogP contribution in [0.15, 0.2) is 73.2 Å². The van der Waals surface area contributed by atoms with E-state index < -0.39 is 7.82 Å². The second kappa shape index (κ2) is 13.0. The van der Waals surface area contributed by atoms with Crippen LogP contribution in [-0.4, -0.2) is 64.6 Å². The molecule has 4 aromatic rings. The zero-order chi connectivity index (χ0) is 28.7. The van der Waals surface area contributed by atoms with Gasteiger partial charge in [-0.2, -0.15) is 0 Å². The molecule has 11 nitrogen and oxygen atoms in total. The van der Waals surface area contributed by atoms with Gasteiger partial charge in [-0.15, -0.1) is 0 Å². The number of ether oxygens (including phenoxy) is 1. The highest BCUT2D eigenvalue weighted by Gasteiger charge is 2.22. The molecule has 2 N–H and O–H groups in total. The van der Waals surface area contributed by atoms with Crippen molar-refractivity contribution in [1.29, 1.82) is 0 Å². The van der Waals surface area contributed by atoms with Crippen LogP contribution >= 0.6 is 7.82 Å². The Morgan fingerprint density at radius 3 is 2.70 bits per heavy atom. The van der Waals surface area contributed by atoms with Crippen molar-refractivity contribution in [3.63, 3.8) is 0 Å². The summed E-state index contributed by atoms with van der Waals surface area (Å²) in [5.41, 5.74) is 4.47. The Hall–Kier alpha value is -3.86. The van der Waals surface area contributed by atoms with Gasteiger partial charge in [0.05, 0.1) is 13.7 Å². The molecule has 0 spiro atoms. The molecule has 1 amide bonds. The number of hydrogen-bond donors (Lipinski definition) is 2. The number of carbonyl (C=O) groups is 1. The molecule has 0 fully saturated rings. The number of phosphoric acid groups is 1. The number of nitrogens with zero attached hydrogens (tertiary/aromatic N) is 4. The molecule has 4 rings (SSSR count). The monoisotopic (exact) mass is 565 g/mol. The lowest BCUT2D eigenvalue weighted by atomic mass is 10.0. The third kappa shape index (κ3) is 7.41. The van der Waals surface area contributed by atoms with Crippen LogP contribution in [0, 0.1) is 0 Å². The number of aromatic nitrogens is 3. The lowest BCUT2D eigenvalue weighted by molar-refractivity contribution is -0.111. The molecule has 12 heteroatoms. The predicted octanol–water partition coefficient (Wildman–Crippen LogP) is 4.94. The van der Waals surface area contributed by atoms with Crippen LogP contribution in [0.3, 0.4) is 0 Å². The average molecular weight is 566 g/mol. The lowest BCUT2D eigenvalue weighted by Gasteiger charge is -2.12. The molecule has 0 aliphatic rings. The highest BCUT2D eigenvalue weighted by Crippen LogP contribution is 2.44. The molecular weight excluding hydrogens is 533 g/mol. The van der Waals surface area contributed by atoms with Crippen molar-refractivity contribution in [3.8, 4) is 28.1 Å². The van der Waals surface area contributed by atoms with Gasteiger partial charge in [-0.3, -0.25) is 13.8 Å². The topological polar surface area (TPSA) is 128 Å². The molecule has 0 aliphatic heterocycles. The maximum Gasteiger partial charge on any atom is 0.473 e. The number of methoxy groups -OCH3 is 1. The van der Waals surface area contributed by atoms with Gasteiger partial charge in [0.25, 0.3) is 0 Å². The molecule has 0 saturated carbocycles. The highest BCUT2D eigenvalue weighted by molar-refractivity contribution is 7.47. The number of carbonyl (C=O) groups excluding carboxylic acids is 1. The summed E-state index contributed by atoms with van der Waals surface area (Å²) in [6, 6.07) is 13.1. The minimum absolute atomic E-state index is 0.0375. The first-order valence-corrected chi connectivity index (χ1v) is 14.0. The Morgan fingerprint density at radius 1 is 1.12 bits per heavy atom. The summed E-state index contributed by atoms with van der Waals surface area (Å²) in [5, 5.41) is 3.67. The minimum atomic E-state index is -4.22. The van der Waals surface area contributed by atoms with Gasteiger partial charge < -0.3 is 24.4 Å². The van der Waals surface area contributed by atoms with Crippen molar-refractivity contribution in [3.05, 3.63) is 73.2 Å². The quantitative estimate of drug-likeness (QED) is 0.181.